The van der Waals surface area contributed by atoms with Crippen molar-refractivity contribution in [1.82, 2.24) is 9.97 Å². The van der Waals surface area contributed by atoms with E-state index < -0.39 is 0 Å². The van der Waals surface area contributed by atoms with Crippen molar-refractivity contribution in [2.24, 2.45) is 0 Å². The zero-order valence-corrected chi connectivity index (χ0v) is 17.1. The Morgan fingerprint density at radius 2 is 1.72 bits per heavy atom. The van der Waals surface area contributed by atoms with Crippen LogP contribution in [0.4, 0.5) is 16.0 Å². The number of aromatic nitrogens is 2. The molecule has 0 unspecified atom stereocenters. The van der Waals surface area contributed by atoms with E-state index in [0.29, 0.717) is 11.3 Å². The number of rotatable bonds is 5. The van der Waals surface area contributed by atoms with Crippen molar-refractivity contribution >= 4 is 17.5 Å². The van der Waals surface area contributed by atoms with Crippen LogP contribution in [0.15, 0.2) is 54.6 Å². The molecule has 0 radical (unpaired) electrons. The molecule has 0 bridgehead atoms. The van der Waals surface area contributed by atoms with Gasteiger partial charge in [0, 0.05) is 23.5 Å². The molecule has 5 nitrogen and oxygen atoms in total. The van der Waals surface area contributed by atoms with Gasteiger partial charge in [-0.1, -0.05) is 57.2 Å². The molecule has 3 aromatic rings. The number of para-hydroxylation sites is 1. The summed E-state index contributed by atoms with van der Waals surface area (Å²) in [6.07, 6.45) is 0. The van der Waals surface area contributed by atoms with Gasteiger partial charge in [0.2, 0.25) is 5.95 Å². The first-order valence-electron chi connectivity index (χ1n) is 9.48. The quantitative estimate of drug-likeness (QED) is 0.635. The number of nitrogens with one attached hydrogen (secondary N) is 2. The Morgan fingerprint density at radius 1 is 1.03 bits per heavy atom. The van der Waals surface area contributed by atoms with Crippen LogP contribution in [0, 0.1) is 12.7 Å². The molecule has 0 atom stereocenters. The average Bonchev–Trinajstić information content (AvgIpc) is 2.66. The number of halogens is 1. The van der Waals surface area contributed by atoms with Crippen LogP contribution >= 0.6 is 0 Å². The third kappa shape index (κ3) is 5.16. The molecule has 150 valence electrons. The molecule has 0 saturated heterocycles. The highest BCUT2D eigenvalue weighted by atomic mass is 19.1. The number of hydrogen-bond acceptors (Lipinski definition) is 4. The van der Waals surface area contributed by atoms with E-state index in [1.807, 2.05) is 24.3 Å². The molecule has 1 heterocycles. The molecule has 2 N–H and O–H groups in total. The normalized spacial score (nSPS) is 11.2. The third-order valence-corrected chi connectivity index (χ3v) is 4.46. The first kappa shape index (κ1) is 20.5. The molecule has 1 amide bonds. The summed E-state index contributed by atoms with van der Waals surface area (Å²) in [4.78, 5) is 21.4. The second-order valence-corrected chi connectivity index (χ2v) is 7.91. The van der Waals surface area contributed by atoms with E-state index in [0.717, 1.165) is 11.3 Å². The van der Waals surface area contributed by atoms with Crippen LogP contribution in [0.25, 0.3) is 0 Å². The minimum atomic E-state index is -0.318. The Kier molecular flexibility index (Phi) is 5.92. The van der Waals surface area contributed by atoms with Crippen LogP contribution in [-0.2, 0) is 12.0 Å². The van der Waals surface area contributed by atoms with Crippen molar-refractivity contribution in [2.45, 2.75) is 39.7 Å². The molecular weight excluding hydrogens is 367 g/mol. The van der Waals surface area contributed by atoms with Gasteiger partial charge < -0.3 is 10.6 Å². The lowest BCUT2D eigenvalue weighted by molar-refractivity contribution is 0.102. The topological polar surface area (TPSA) is 66.9 Å². The van der Waals surface area contributed by atoms with Crippen LogP contribution in [-0.4, -0.2) is 15.9 Å². The summed E-state index contributed by atoms with van der Waals surface area (Å²) in [5, 5.41) is 5.95. The van der Waals surface area contributed by atoms with Crippen LogP contribution < -0.4 is 10.6 Å². The van der Waals surface area contributed by atoms with Gasteiger partial charge in [-0.2, -0.15) is 0 Å². The van der Waals surface area contributed by atoms with Gasteiger partial charge in [-0.25, -0.2) is 14.4 Å². The van der Waals surface area contributed by atoms with Crippen molar-refractivity contribution in [3.63, 3.8) is 0 Å². The summed E-state index contributed by atoms with van der Waals surface area (Å²) in [5.41, 5.74) is 3.07. The van der Waals surface area contributed by atoms with Gasteiger partial charge in [0.15, 0.2) is 0 Å². The van der Waals surface area contributed by atoms with Gasteiger partial charge in [0.1, 0.15) is 11.5 Å². The predicted octanol–water partition coefficient (Wildman–Crippen LogP) is 5.09. The number of hydrogen-bond donors (Lipinski definition) is 2. The van der Waals surface area contributed by atoms with Crippen LogP contribution in [0.1, 0.15) is 48.1 Å². The van der Waals surface area contributed by atoms with Crippen molar-refractivity contribution in [3.05, 3.63) is 82.9 Å². The molecule has 0 spiro atoms. The second kappa shape index (κ2) is 8.39. The predicted molar refractivity (Wildman–Crippen MR) is 114 cm³/mol. The third-order valence-electron chi connectivity index (χ3n) is 4.46. The number of benzene rings is 2. The van der Waals surface area contributed by atoms with Crippen molar-refractivity contribution < 1.29 is 9.18 Å². The van der Waals surface area contributed by atoms with E-state index >= 15 is 0 Å². The number of nitrogens with zero attached hydrogens (tertiary/aromatic N) is 2. The van der Waals surface area contributed by atoms with Crippen molar-refractivity contribution in [3.8, 4) is 0 Å². The minimum Gasteiger partial charge on any atom is -0.350 e. The maximum atomic E-state index is 13.8. The lowest BCUT2D eigenvalue weighted by Gasteiger charge is -2.23. The summed E-state index contributed by atoms with van der Waals surface area (Å²) in [6.45, 7) is 8.30. The summed E-state index contributed by atoms with van der Waals surface area (Å²) in [6, 6.07) is 15.8. The van der Waals surface area contributed by atoms with Crippen molar-refractivity contribution in [2.75, 3.05) is 10.6 Å². The van der Waals surface area contributed by atoms with Crippen molar-refractivity contribution in [1.29, 1.82) is 0 Å². The first-order chi connectivity index (χ1) is 13.7. The summed E-state index contributed by atoms with van der Waals surface area (Å²) >= 11 is 0. The lowest BCUT2D eigenvalue weighted by atomic mass is 9.86. The van der Waals surface area contributed by atoms with E-state index in [2.05, 4.69) is 41.4 Å². The lowest BCUT2D eigenvalue weighted by Crippen LogP contribution is -2.20. The molecular formula is C23H25FN4O. The largest absolute Gasteiger partial charge is 0.350 e. The highest BCUT2D eigenvalue weighted by Gasteiger charge is 2.20. The molecule has 0 saturated carbocycles. The maximum Gasteiger partial charge on any atom is 0.274 e. The fourth-order valence-electron chi connectivity index (χ4n) is 3.01. The second-order valence-electron chi connectivity index (χ2n) is 7.91. The molecule has 0 aliphatic carbocycles. The fraction of sp³-hybridized carbons (Fsp3) is 0.261. The Morgan fingerprint density at radius 3 is 2.45 bits per heavy atom. The van der Waals surface area contributed by atoms with E-state index in [1.165, 1.54) is 6.07 Å². The van der Waals surface area contributed by atoms with E-state index in [9.17, 15) is 9.18 Å². The van der Waals surface area contributed by atoms with Gasteiger partial charge in [-0.3, -0.25) is 4.79 Å². The molecule has 0 aliphatic heterocycles. The SMILES string of the molecule is Cc1cc(C(=O)Nc2ccccc2C(C)(C)C)nc(NCc2ccccc2F)n1. The molecule has 6 heteroatoms. The van der Waals surface area contributed by atoms with Gasteiger partial charge in [0.25, 0.3) is 5.91 Å². The standard InChI is InChI=1S/C23H25FN4O/c1-15-13-20(21(29)27-19-12-8-6-10-17(19)23(2,3)4)28-22(26-15)25-14-16-9-5-7-11-18(16)24/h5-13H,14H2,1-4H3,(H,27,29)(H,25,26,28). The smallest absolute Gasteiger partial charge is 0.274 e. The first-order valence-corrected chi connectivity index (χ1v) is 9.48. The minimum absolute atomic E-state index is 0.113. The average molecular weight is 392 g/mol. The van der Waals surface area contributed by atoms with Gasteiger partial charge in [0.05, 0.1) is 0 Å². The van der Waals surface area contributed by atoms with Gasteiger partial charge in [-0.05, 0) is 36.1 Å². The van der Waals surface area contributed by atoms with E-state index in [4.69, 9.17) is 0 Å². The number of amides is 1. The highest BCUT2D eigenvalue weighted by molar-refractivity contribution is 6.03. The van der Waals surface area contributed by atoms with Crippen LogP contribution in [0.5, 0.6) is 0 Å². The Bertz CT molecular complexity index is 1030. The highest BCUT2D eigenvalue weighted by Crippen LogP contribution is 2.29. The maximum absolute atomic E-state index is 13.8. The number of aryl methyl sites for hydroxylation is 1. The van der Waals surface area contributed by atoms with E-state index in [1.54, 1.807) is 31.2 Å². The number of anilines is 2. The molecule has 0 fully saturated rings. The van der Waals surface area contributed by atoms with Gasteiger partial charge >= 0.3 is 0 Å². The summed E-state index contributed by atoms with van der Waals surface area (Å²) in [5.74, 6) is -0.340. The van der Waals surface area contributed by atoms with Crippen LogP contribution in [0.3, 0.4) is 0 Å². The zero-order valence-electron chi connectivity index (χ0n) is 17.1. The molecule has 2 aromatic carbocycles. The van der Waals surface area contributed by atoms with Crippen LogP contribution in [0.2, 0.25) is 0 Å². The van der Waals surface area contributed by atoms with Gasteiger partial charge in [-0.15, -0.1) is 0 Å². The Hall–Kier alpha value is -3.28. The fourth-order valence-corrected chi connectivity index (χ4v) is 3.01. The summed E-state index contributed by atoms with van der Waals surface area (Å²) < 4.78 is 13.8. The molecule has 0 aliphatic rings. The zero-order chi connectivity index (χ0) is 21.0. The van der Waals surface area contributed by atoms with E-state index in [-0.39, 0.29) is 35.3 Å². The Labute approximate surface area is 170 Å². The number of carbonyl (C=O) groups is 1. The molecule has 3 rings (SSSR count). The number of carbonyl (C=O) groups excluding carboxylic acids is 1. The molecule has 29 heavy (non-hydrogen) atoms. The monoisotopic (exact) mass is 392 g/mol. The molecule has 1 aromatic heterocycles. The Balaban J connectivity index is 1.79. The summed E-state index contributed by atoms with van der Waals surface area (Å²) in [7, 11) is 0.